The molecule has 0 saturated carbocycles. The highest BCUT2D eigenvalue weighted by Crippen LogP contribution is 2.19. The van der Waals surface area contributed by atoms with Crippen molar-refractivity contribution in [2.75, 3.05) is 13.7 Å². The lowest BCUT2D eigenvalue weighted by Gasteiger charge is -2.21. The molecule has 2 atom stereocenters. The summed E-state index contributed by atoms with van der Waals surface area (Å²) in [5, 5.41) is 12.2. The SMILES string of the molecule is CC[C@@H](C)[C@@H](NC(=O)COC(=O)c1cc(C)ccc1O)C(=O)OC. The molecule has 0 heterocycles. The van der Waals surface area contributed by atoms with E-state index >= 15 is 0 Å². The van der Waals surface area contributed by atoms with Crippen LogP contribution in [0.5, 0.6) is 5.75 Å². The number of hydrogen-bond donors (Lipinski definition) is 2. The van der Waals surface area contributed by atoms with Gasteiger partial charge in [0.1, 0.15) is 17.4 Å². The number of amides is 1. The van der Waals surface area contributed by atoms with Gasteiger partial charge in [0.2, 0.25) is 0 Å². The standard InChI is InChI=1S/C17H23NO6/c1-5-11(3)15(17(22)23-4)18-14(20)9-24-16(21)12-8-10(2)6-7-13(12)19/h6-8,11,15,19H,5,9H2,1-4H3,(H,18,20)/t11-,15-/m1/s1. The van der Waals surface area contributed by atoms with Gasteiger partial charge in [0.15, 0.2) is 6.61 Å². The second-order valence-electron chi connectivity index (χ2n) is 5.55. The van der Waals surface area contributed by atoms with Gasteiger partial charge >= 0.3 is 11.9 Å². The van der Waals surface area contributed by atoms with Crippen LogP contribution in [0.25, 0.3) is 0 Å². The minimum absolute atomic E-state index is 0.0192. The maximum atomic E-state index is 11.9. The van der Waals surface area contributed by atoms with Crippen LogP contribution < -0.4 is 5.32 Å². The number of nitrogens with one attached hydrogen (secondary N) is 1. The summed E-state index contributed by atoms with van der Waals surface area (Å²) in [5.74, 6) is -2.34. The molecule has 1 aromatic rings. The Labute approximate surface area is 141 Å². The van der Waals surface area contributed by atoms with E-state index in [0.29, 0.717) is 6.42 Å². The van der Waals surface area contributed by atoms with Crippen molar-refractivity contribution in [2.45, 2.75) is 33.2 Å². The van der Waals surface area contributed by atoms with Gasteiger partial charge in [-0.25, -0.2) is 9.59 Å². The van der Waals surface area contributed by atoms with Crippen LogP contribution in [0, 0.1) is 12.8 Å². The molecule has 1 rings (SSSR count). The highest BCUT2D eigenvalue weighted by molar-refractivity contribution is 5.94. The minimum atomic E-state index is -0.815. The fourth-order valence-corrected chi connectivity index (χ4v) is 2.03. The van der Waals surface area contributed by atoms with Crippen LogP contribution in [0.2, 0.25) is 0 Å². The number of carbonyl (C=O) groups excluding carboxylic acids is 3. The van der Waals surface area contributed by atoms with Gasteiger partial charge in [-0.2, -0.15) is 0 Å². The van der Waals surface area contributed by atoms with Crippen LogP contribution in [-0.4, -0.2) is 42.7 Å². The average Bonchev–Trinajstić information content (AvgIpc) is 2.58. The third-order valence-corrected chi connectivity index (χ3v) is 3.69. The van der Waals surface area contributed by atoms with E-state index in [-0.39, 0.29) is 17.2 Å². The number of phenolic OH excluding ortho intramolecular Hbond substituents is 1. The molecule has 0 radical (unpaired) electrons. The highest BCUT2D eigenvalue weighted by atomic mass is 16.5. The normalized spacial score (nSPS) is 12.8. The third-order valence-electron chi connectivity index (χ3n) is 3.69. The molecular weight excluding hydrogens is 314 g/mol. The maximum absolute atomic E-state index is 11.9. The van der Waals surface area contributed by atoms with Crippen LogP contribution in [0.15, 0.2) is 18.2 Å². The molecule has 0 fully saturated rings. The van der Waals surface area contributed by atoms with Gasteiger partial charge in [0.25, 0.3) is 5.91 Å². The quantitative estimate of drug-likeness (QED) is 0.732. The van der Waals surface area contributed by atoms with Crippen molar-refractivity contribution in [3.05, 3.63) is 29.3 Å². The van der Waals surface area contributed by atoms with Gasteiger partial charge in [-0.15, -0.1) is 0 Å². The molecule has 7 nitrogen and oxygen atoms in total. The third kappa shape index (κ3) is 5.26. The summed E-state index contributed by atoms with van der Waals surface area (Å²) in [4.78, 5) is 35.6. The van der Waals surface area contributed by atoms with Crippen molar-refractivity contribution < 1.29 is 29.0 Å². The molecule has 0 saturated heterocycles. The van der Waals surface area contributed by atoms with Crippen LogP contribution >= 0.6 is 0 Å². The van der Waals surface area contributed by atoms with E-state index in [1.54, 1.807) is 19.9 Å². The number of aromatic hydroxyl groups is 1. The largest absolute Gasteiger partial charge is 0.507 e. The summed E-state index contributed by atoms with van der Waals surface area (Å²) in [6, 6.07) is 3.68. The Morgan fingerprint density at radius 1 is 1.29 bits per heavy atom. The molecule has 24 heavy (non-hydrogen) atoms. The molecule has 0 aromatic heterocycles. The zero-order valence-corrected chi connectivity index (χ0v) is 14.3. The van der Waals surface area contributed by atoms with Crippen LogP contribution in [0.4, 0.5) is 0 Å². The van der Waals surface area contributed by atoms with Gasteiger partial charge in [-0.05, 0) is 25.0 Å². The number of phenols is 1. The number of hydrogen-bond acceptors (Lipinski definition) is 6. The van der Waals surface area contributed by atoms with E-state index in [1.807, 2.05) is 6.92 Å². The topological polar surface area (TPSA) is 102 Å². The summed E-state index contributed by atoms with van der Waals surface area (Å²) < 4.78 is 9.56. The molecule has 2 N–H and O–H groups in total. The first-order valence-electron chi connectivity index (χ1n) is 7.64. The predicted octanol–water partition coefficient (Wildman–Crippen LogP) is 1.56. The number of ether oxygens (including phenoxy) is 2. The van der Waals surface area contributed by atoms with E-state index in [2.05, 4.69) is 10.1 Å². The van der Waals surface area contributed by atoms with E-state index < -0.39 is 30.5 Å². The first-order valence-corrected chi connectivity index (χ1v) is 7.64. The maximum Gasteiger partial charge on any atom is 0.342 e. The van der Waals surface area contributed by atoms with Crippen molar-refractivity contribution in [2.24, 2.45) is 5.92 Å². The van der Waals surface area contributed by atoms with E-state index in [0.717, 1.165) is 5.56 Å². The second kappa shape index (κ2) is 8.90. The number of aryl methyl sites for hydroxylation is 1. The fourth-order valence-electron chi connectivity index (χ4n) is 2.03. The van der Waals surface area contributed by atoms with Gasteiger partial charge in [0.05, 0.1) is 7.11 Å². The van der Waals surface area contributed by atoms with E-state index in [1.165, 1.54) is 19.2 Å². The van der Waals surface area contributed by atoms with Gasteiger partial charge in [-0.1, -0.05) is 31.9 Å². The zero-order valence-electron chi connectivity index (χ0n) is 14.3. The lowest BCUT2D eigenvalue weighted by molar-refractivity contribution is -0.147. The molecule has 0 spiro atoms. The van der Waals surface area contributed by atoms with Crippen molar-refractivity contribution in [3.63, 3.8) is 0 Å². The number of benzene rings is 1. The molecule has 1 aromatic carbocycles. The number of carbonyl (C=O) groups is 3. The fraction of sp³-hybridized carbons (Fsp3) is 0.471. The molecule has 0 unspecified atom stereocenters. The first kappa shape index (κ1) is 19.5. The molecule has 7 heteroatoms. The molecule has 0 aliphatic carbocycles. The molecule has 132 valence electrons. The van der Waals surface area contributed by atoms with Crippen molar-refractivity contribution in [1.82, 2.24) is 5.32 Å². The Morgan fingerprint density at radius 3 is 2.54 bits per heavy atom. The Balaban J connectivity index is 2.66. The average molecular weight is 337 g/mol. The minimum Gasteiger partial charge on any atom is -0.507 e. The summed E-state index contributed by atoms with van der Waals surface area (Å²) in [6.07, 6.45) is 0.664. The Hall–Kier alpha value is -2.57. The monoisotopic (exact) mass is 337 g/mol. The lowest BCUT2D eigenvalue weighted by atomic mass is 9.99. The Morgan fingerprint density at radius 2 is 1.96 bits per heavy atom. The summed E-state index contributed by atoms with van der Waals surface area (Å²) >= 11 is 0. The lowest BCUT2D eigenvalue weighted by Crippen LogP contribution is -2.47. The Kier molecular flexibility index (Phi) is 7.23. The Bertz CT molecular complexity index is 613. The predicted molar refractivity (Wildman–Crippen MR) is 86.5 cm³/mol. The van der Waals surface area contributed by atoms with Gasteiger partial charge < -0.3 is 19.9 Å². The highest BCUT2D eigenvalue weighted by Gasteiger charge is 2.27. The molecule has 1 amide bonds. The van der Waals surface area contributed by atoms with E-state index in [9.17, 15) is 19.5 Å². The molecule has 0 bridgehead atoms. The smallest absolute Gasteiger partial charge is 0.342 e. The van der Waals surface area contributed by atoms with Gasteiger partial charge in [-0.3, -0.25) is 4.79 Å². The molecular formula is C17H23NO6. The number of esters is 2. The molecule has 0 aliphatic rings. The number of methoxy groups -OCH3 is 1. The number of rotatable bonds is 7. The van der Waals surface area contributed by atoms with E-state index in [4.69, 9.17) is 4.74 Å². The van der Waals surface area contributed by atoms with Crippen molar-refractivity contribution in [1.29, 1.82) is 0 Å². The van der Waals surface area contributed by atoms with Crippen LogP contribution in [0.1, 0.15) is 36.2 Å². The van der Waals surface area contributed by atoms with Gasteiger partial charge in [0, 0.05) is 0 Å². The van der Waals surface area contributed by atoms with Crippen LogP contribution in [0.3, 0.4) is 0 Å². The van der Waals surface area contributed by atoms with Crippen LogP contribution in [-0.2, 0) is 19.1 Å². The first-order chi connectivity index (χ1) is 11.3. The zero-order chi connectivity index (χ0) is 18.3. The van der Waals surface area contributed by atoms with Crippen molar-refractivity contribution >= 4 is 17.8 Å². The summed E-state index contributed by atoms with van der Waals surface area (Å²) in [5.41, 5.74) is 0.751. The summed E-state index contributed by atoms with van der Waals surface area (Å²) in [6.45, 7) is 4.89. The second-order valence-corrected chi connectivity index (χ2v) is 5.55. The molecule has 0 aliphatic heterocycles. The van der Waals surface area contributed by atoms with Crippen molar-refractivity contribution in [3.8, 4) is 5.75 Å². The summed E-state index contributed by atoms with van der Waals surface area (Å²) in [7, 11) is 1.24.